The second-order valence-corrected chi connectivity index (χ2v) is 7.18. The van der Waals surface area contributed by atoms with Crippen molar-refractivity contribution in [3.8, 4) is 0 Å². The molecule has 9 nitrogen and oxygen atoms in total. The second kappa shape index (κ2) is 8.44. The molecular formula is C19H21ClN6O3. The van der Waals surface area contributed by atoms with Gasteiger partial charge in [-0.2, -0.15) is 10.2 Å². The average molecular weight is 417 g/mol. The maximum Gasteiger partial charge on any atom is 0.309 e. The molecule has 3 aromatic rings. The molecule has 0 aliphatic carbocycles. The van der Waals surface area contributed by atoms with Gasteiger partial charge in [-0.3, -0.25) is 24.3 Å². The molecular weight excluding hydrogens is 396 g/mol. The van der Waals surface area contributed by atoms with Gasteiger partial charge in [0.2, 0.25) is 5.91 Å². The number of carbonyl (C=O) groups is 1. The number of hydrogen-bond donors (Lipinski definition) is 1. The Morgan fingerprint density at radius 1 is 1.17 bits per heavy atom. The highest BCUT2D eigenvalue weighted by Crippen LogP contribution is 2.21. The fourth-order valence-electron chi connectivity index (χ4n) is 3.01. The maximum atomic E-state index is 12.4. The van der Waals surface area contributed by atoms with Gasteiger partial charge in [0.25, 0.3) is 0 Å². The number of anilines is 1. The van der Waals surface area contributed by atoms with Crippen LogP contribution in [0.5, 0.6) is 0 Å². The Bertz CT molecular complexity index is 1050. The number of benzene rings is 1. The van der Waals surface area contributed by atoms with Gasteiger partial charge in [-0.1, -0.05) is 23.7 Å². The summed E-state index contributed by atoms with van der Waals surface area (Å²) in [4.78, 5) is 22.8. The predicted molar refractivity (Wildman–Crippen MR) is 109 cm³/mol. The summed E-state index contributed by atoms with van der Waals surface area (Å²) in [5.74, 6) is -0.210. The molecule has 10 heteroatoms. The molecule has 2 heterocycles. The zero-order valence-electron chi connectivity index (χ0n) is 16.3. The number of nitrogens with one attached hydrogen (secondary N) is 1. The first-order chi connectivity index (χ1) is 13.7. The number of nitrogens with zero attached hydrogens (tertiary/aromatic N) is 5. The predicted octanol–water partition coefficient (Wildman–Crippen LogP) is 3.64. The molecule has 2 aromatic heterocycles. The number of halogens is 1. The molecule has 0 bridgehead atoms. The fraction of sp³-hybridized carbons (Fsp3) is 0.316. The minimum Gasteiger partial charge on any atom is -0.323 e. The van der Waals surface area contributed by atoms with E-state index < -0.39 is 4.92 Å². The fourth-order valence-corrected chi connectivity index (χ4v) is 3.14. The van der Waals surface area contributed by atoms with Gasteiger partial charge in [0, 0.05) is 18.0 Å². The lowest BCUT2D eigenvalue weighted by Crippen LogP contribution is -2.16. The van der Waals surface area contributed by atoms with Crippen LogP contribution in [0.15, 0.2) is 30.5 Å². The summed E-state index contributed by atoms with van der Waals surface area (Å²) < 4.78 is 3.24. The van der Waals surface area contributed by atoms with Gasteiger partial charge in [-0.15, -0.1) is 0 Å². The van der Waals surface area contributed by atoms with Crippen molar-refractivity contribution in [2.24, 2.45) is 0 Å². The molecule has 0 aliphatic heterocycles. The number of hydrogen-bond acceptors (Lipinski definition) is 5. The highest BCUT2D eigenvalue weighted by atomic mass is 35.5. The molecule has 0 fully saturated rings. The van der Waals surface area contributed by atoms with Crippen molar-refractivity contribution in [2.75, 3.05) is 5.32 Å². The molecule has 1 amide bonds. The number of aromatic nitrogens is 4. The summed E-state index contributed by atoms with van der Waals surface area (Å²) in [6, 6.07) is 7.52. The van der Waals surface area contributed by atoms with E-state index in [9.17, 15) is 14.9 Å². The lowest BCUT2D eigenvalue weighted by molar-refractivity contribution is -0.385. The number of nitro groups is 1. The molecule has 29 heavy (non-hydrogen) atoms. The molecule has 0 atom stereocenters. The SMILES string of the molecule is Cc1nn(CCC(=O)Nc2c(C)nn(Cc3ccc(Cl)cc3)c2C)cc1[N+](=O)[O-]. The van der Waals surface area contributed by atoms with Crippen molar-refractivity contribution < 1.29 is 9.72 Å². The van der Waals surface area contributed by atoms with Gasteiger partial charge in [0.05, 0.1) is 28.5 Å². The molecule has 0 unspecified atom stereocenters. The van der Waals surface area contributed by atoms with Crippen LogP contribution in [0, 0.1) is 30.9 Å². The first-order valence-corrected chi connectivity index (χ1v) is 9.39. The van der Waals surface area contributed by atoms with Crippen molar-refractivity contribution in [2.45, 2.75) is 40.3 Å². The van der Waals surface area contributed by atoms with E-state index in [1.54, 1.807) is 6.92 Å². The Balaban J connectivity index is 1.64. The van der Waals surface area contributed by atoms with Crippen LogP contribution in [0.3, 0.4) is 0 Å². The van der Waals surface area contributed by atoms with Crippen molar-refractivity contribution in [1.82, 2.24) is 19.6 Å². The zero-order chi connectivity index (χ0) is 21.1. The van der Waals surface area contributed by atoms with Crippen molar-refractivity contribution in [1.29, 1.82) is 0 Å². The van der Waals surface area contributed by atoms with Crippen molar-refractivity contribution in [3.63, 3.8) is 0 Å². The Hall–Kier alpha value is -3.20. The molecule has 0 saturated heterocycles. The van der Waals surface area contributed by atoms with Crippen LogP contribution in [0.25, 0.3) is 0 Å². The van der Waals surface area contributed by atoms with Crippen molar-refractivity contribution in [3.05, 3.63) is 68.2 Å². The normalized spacial score (nSPS) is 10.9. The second-order valence-electron chi connectivity index (χ2n) is 6.75. The van der Waals surface area contributed by atoms with Crippen molar-refractivity contribution >= 4 is 28.9 Å². The highest BCUT2D eigenvalue weighted by molar-refractivity contribution is 6.30. The molecule has 152 valence electrons. The van der Waals surface area contributed by atoms with E-state index in [0.717, 1.165) is 17.0 Å². The minimum atomic E-state index is -0.485. The third-order valence-corrected chi connectivity index (χ3v) is 4.83. The first-order valence-electron chi connectivity index (χ1n) is 9.01. The number of rotatable bonds is 7. The molecule has 0 radical (unpaired) electrons. The summed E-state index contributed by atoms with van der Waals surface area (Å²) in [6.45, 7) is 6.11. The van der Waals surface area contributed by atoms with Crippen LogP contribution in [0.2, 0.25) is 5.02 Å². The van der Waals surface area contributed by atoms with E-state index in [1.807, 2.05) is 42.8 Å². The summed E-state index contributed by atoms with van der Waals surface area (Å²) in [5, 5.41) is 23.0. The molecule has 1 aromatic carbocycles. The summed E-state index contributed by atoms with van der Waals surface area (Å²) in [5.41, 5.74) is 3.55. The average Bonchev–Trinajstić information content (AvgIpc) is 3.17. The summed E-state index contributed by atoms with van der Waals surface area (Å²) in [7, 11) is 0. The van der Waals surface area contributed by atoms with Gasteiger partial charge in [-0.05, 0) is 38.5 Å². The number of amides is 1. The standard InChI is InChI=1S/C19H21ClN6O3/c1-12-17(26(28)29)11-24(22-12)9-8-18(27)21-19-13(2)23-25(14(19)3)10-15-4-6-16(20)7-5-15/h4-7,11H,8-10H2,1-3H3,(H,21,27). The Morgan fingerprint density at radius 2 is 1.86 bits per heavy atom. The lowest BCUT2D eigenvalue weighted by atomic mass is 10.2. The van der Waals surface area contributed by atoms with Crippen LogP contribution < -0.4 is 5.32 Å². The monoisotopic (exact) mass is 416 g/mol. The van der Waals surface area contributed by atoms with Gasteiger partial charge in [0.1, 0.15) is 11.9 Å². The van der Waals surface area contributed by atoms with E-state index in [2.05, 4.69) is 15.5 Å². The number of carbonyl (C=O) groups excluding carboxylic acids is 1. The van der Waals surface area contributed by atoms with E-state index in [-0.39, 0.29) is 24.6 Å². The summed E-state index contributed by atoms with van der Waals surface area (Å²) >= 11 is 5.92. The van der Waals surface area contributed by atoms with Crippen LogP contribution in [-0.2, 0) is 17.9 Å². The van der Waals surface area contributed by atoms with Crippen LogP contribution >= 0.6 is 11.6 Å². The lowest BCUT2D eigenvalue weighted by Gasteiger charge is -2.08. The van der Waals surface area contributed by atoms with E-state index >= 15 is 0 Å². The van der Waals surface area contributed by atoms with E-state index in [1.165, 1.54) is 10.9 Å². The molecule has 0 aliphatic rings. The topological polar surface area (TPSA) is 108 Å². The van der Waals surface area contributed by atoms with Crippen LogP contribution in [0.1, 0.15) is 29.1 Å². The smallest absolute Gasteiger partial charge is 0.309 e. The van der Waals surface area contributed by atoms with Gasteiger partial charge in [-0.25, -0.2) is 0 Å². The Labute approximate surface area is 172 Å². The number of aryl methyl sites for hydroxylation is 3. The minimum absolute atomic E-state index is 0.0550. The van der Waals surface area contributed by atoms with Crippen LogP contribution in [-0.4, -0.2) is 30.4 Å². The third kappa shape index (κ3) is 4.80. The molecule has 1 N–H and O–H groups in total. The zero-order valence-corrected chi connectivity index (χ0v) is 17.1. The van der Waals surface area contributed by atoms with Gasteiger partial charge >= 0.3 is 5.69 Å². The molecule has 3 rings (SSSR count). The van der Waals surface area contributed by atoms with Gasteiger partial charge < -0.3 is 5.32 Å². The Kier molecular flexibility index (Phi) is 5.97. The van der Waals surface area contributed by atoms with Gasteiger partial charge in [0.15, 0.2) is 0 Å². The molecule has 0 spiro atoms. The largest absolute Gasteiger partial charge is 0.323 e. The summed E-state index contributed by atoms with van der Waals surface area (Å²) in [6.07, 6.45) is 1.47. The van der Waals surface area contributed by atoms with E-state index in [4.69, 9.17) is 11.6 Å². The third-order valence-electron chi connectivity index (χ3n) is 4.58. The van der Waals surface area contributed by atoms with Crippen LogP contribution in [0.4, 0.5) is 11.4 Å². The Morgan fingerprint density at radius 3 is 2.48 bits per heavy atom. The quantitative estimate of drug-likeness (QED) is 0.467. The maximum absolute atomic E-state index is 12.4. The van der Waals surface area contributed by atoms with E-state index in [0.29, 0.717) is 22.9 Å². The first kappa shape index (κ1) is 20.5. The highest BCUT2D eigenvalue weighted by Gasteiger charge is 2.17. The molecule has 0 saturated carbocycles.